The fourth-order valence-corrected chi connectivity index (χ4v) is 1.15. The van der Waals surface area contributed by atoms with Gasteiger partial charge in [-0.05, 0) is 32.0 Å². The molecule has 0 unspecified atom stereocenters. The number of rotatable bonds is 3. The average Bonchev–Trinajstić information content (AvgIpc) is 2.08. The first kappa shape index (κ1) is 9.86. The lowest BCUT2D eigenvalue weighted by Gasteiger charge is -2.10. The van der Waals surface area contributed by atoms with Crippen molar-refractivity contribution in [1.82, 2.24) is 0 Å². The van der Waals surface area contributed by atoms with Crippen LogP contribution in [0.3, 0.4) is 0 Å². The van der Waals surface area contributed by atoms with Gasteiger partial charge in [-0.15, -0.1) is 0 Å². The molecule has 0 fully saturated rings. The van der Waals surface area contributed by atoms with Crippen molar-refractivity contribution in [2.45, 2.75) is 19.9 Å². The third-order valence-corrected chi connectivity index (χ3v) is 1.80. The Balaban J connectivity index is 2.97. The molecule has 1 aromatic carbocycles. The maximum Gasteiger partial charge on any atom is 0.120 e. The molecule has 0 aromatic heterocycles. The van der Waals surface area contributed by atoms with Gasteiger partial charge in [0, 0.05) is 11.6 Å². The van der Waals surface area contributed by atoms with Crippen molar-refractivity contribution in [2.75, 3.05) is 6.61 Å². The lowest BCUT2D eigenvalue weighted by Crippen LogP contribution is -2.05. The second-order valence-electron chi connectivity index (χ2n) is 2.94. The smallest absolute Gasteiger partial charge is 0.120 e. The van der Waals surface area contributed by atoms with Gasteiger partial charge >= 0.3 is 0 Å². The standard InChI is InChI=1S/C10H15NO2/c1-3-13-8-4-5-10(12)9(6-8)7(2)11/h4-7,12H,3,11H2,1-2H3/t7-/m1/s1. The van der Waals surface area contributed by atoms with E-state index >= 15 is 0 Å². The number of nitrogens with two attached hydrogens (primary N) is 1. The summed E-state index contributed by atoms with van der Waals surface area (Å²) in [6.45, 7) is 4.35. The summed E-state index contributed by atoms with van der Waals surface area (Å²) in [5, 5.41) is 9.44. The Labute approximate surface area is 78.1 Å². The zero-order valence-corrected chi connectivity index (χ0v) is 7.95. The van der Waals surface area contributed by atoms with E-state index < -0.39 is 0 Å². The third kappa shape index (κ3) is 2.36. The van der Waals surface area contributed by atoms with Gasteiger partial charge in [0.15, 0.2) is 0 Å². The van der Waals surface area contributed by atoms with Crippen molar-refractivity contribution in [3.05, 3.63) is 23.8 Å². The van der Waals surface area contributed by atoms with Crippen LogP contribution >= 0.6 is 0 Å². The molecule has 72 valence electrons. The number of aromatic hydroxyl groups is 1. The normalized spacial score (nSPS) is 12.5. The minimum Gasteiger partial charge on any atom is -0.508 e. The fourth-order valence-electron chi connectivity index (χ4n) is 1.15. The van der Waals surface area contributed by atoms with Gasteiger partial charge in [0.1, 0.15) is 11.5 Å². The highest BCUT2D eigenvalue weighted by molar-refractivity contribution is 5.40. The first-order valence-corrected chi connectivity index (χ1v) is 4.36. The second kappa shape index (κ2) is 4.14. The van der Waals surface area contributed by atoms with Gasteiger partial charge in [-0.2, -0.15) is 0 Å². The first-order valence-electron chi connectivity index (χ1n) is 4.36. The molecular formula is C10H15NO2. The summed E-state index contributed by atoms with van der Waals surface area (Å²) in [4.78, 5) is 0. The first-order chi connectivity index (χ1) is 6.15. The molecule has 0 spiro atoms. The highest BCUT2D eigenvalue weighted by Gasteiger charge is 2.06. The van der Waals surface area contributed by atoms with Gasteiger partial charge in [0.2, 0.25) is 0 Å². The van der Waals surface area contributed by atoms with E-state index in [9.17, 15) is 5.11 Å². The Morgan fingerprint density at radius 1 is 1.54 bits per heavy atom. The van der Waals surface area contributed by atoms with E-state index in [1.54, 1.807) is 18.2 Å². The molecule has 0 saturated heterocycles. The van der Waals surface area contributed by atoms with Crippen LogP contribution in [0.15, 0.2) is 18.2 Å². The summed E-state index contributed by atoms with van der Waals surface area (Å²) in [7, 11) is 0. The summed E-state index contributed by atoms with van der Waals surface area (Å²) in [5.41, 5.74) is 6.38. The van der Waals surface area contributed by atoms with E-state index in [4.69, 9.17) is 10.5 Å². The summed E-state index contributed by atoms with van der Waals surface area (Å²) in [6.07, 6.45) is 0. The average molecular weight is 181 g/mol. The lowest BCUT2D eigenvalue weighted by atomic mass is 10.1. The fraction of sp³-hybridized carbons (Fsp3) is 0.400. The van der Waals surface area contributed by atoms with E-state index in [-0.39, 0.29) is 11.8 Å². The Hall–Kier alpha value is -1.22. The van der Waals surface area contributed by atoms with Crippen LogP contribution in [0.25, 0.3) is 0 Å². The molecular weight excluding hydrogens is 166 g/mol. The second-order valence-corrected chi connectivity index (χ2v) is 2.94. The van der Waals surface area contributed by atoms with Crippen molar-refractivity contribution in [3.63, 3.8) is 0 Å². The topological polar surface area (TPSA) is 55.5 Å². The van der Waals surface area contributed by atoms with Gasteiger partial charge in [-0.1, -0.05) is 0 Å². The van der Waals surface area contributed by atoms with Gasteiger partial charge in [-0.3, -0.25) is 0 Å². The summed E-state index contributed by atoms with van der Waals surface area (Å²) >= 11 is 0. The molecule has 0 aliphatic carbocycles. The lowest BCUT2D eigenvalue weighted by molar-refractivity contribution is 0.338. The van der Waals surface area contributed by atoms with Gasteiger partial charge in [0.25, 0.3) is 0 Å². The van der Waals surface area contributed by atoms with Crippen LogP contribution in [0.2, 0.25) is 0 Å². The number of phenolic OH excluding ortho intramolecular Hbond substituents is 1. The zero-order valence-electron chi connectivity index (χ0n) is 7.95. The van der Waals surface area contributed by atoms with Crippen LogP contribution in [-0.4, -0.2) is 11.7 Å². The molecule has 0 aliphatic heterocycles. The molecule has 13 heavy (non-hydrogen) atoms. The van der Waals surface area contributed by atoms with Gasteiger partial charge in [-0.25, -0.2) is 0 Å². The highest BCUT2D eigenvalue weighted by atomic mass is 16.5. The number of phenols is 1. The van der Waals surface area contributed by atoms with E-state index in [0.29, 0.717) is 12.2 Å². The Kier molecular flexibility index (Phi) is 3.14. The van der Waals surface area contributed by atoms with Crippen LogP contribution < -0.4 is 10.5 Å². The van der Waals surface area contributed by atoms with E-state index in [1.807, 2.05) is 13.8 Å². The van der Waals surface area contributed by atoms with Crippen LogP contribution in [-0.2, 0) is 0 Å². The molecule has 3 nitrogen and oxygen atoms in total. The van der Waals surface area contributed by atoms with Crippen molar-refractivity contribution in [1.29, 1.82) is 0 Å². The zero-order chi connectivity index (χ0) is 9.84. The Morgan fingerprint density at radius 2 is 2.23 bits per heavy atom. The predicted octanol–water partition coefficient (Wildman–Crippen LogP) is 1.81. The summed E-state index contributed by atoms with van der Waals surface area (Å²) in [6, 6.07) is 4.91. The third-order valence-electron chi connectivity index (χ3n) is 1.80. The van der Waals surface area contributed by atoms with Crippen molar-refractivity contribution >= 4 is 0 Å². The van der Waals surface area contributed by atoms with Crippen molar-refractivity contribution < 1.29 is 9.84 Å². The van der Waals surface area contributed by atoms with Crippen LogP contribution in [0.5, 0.6) is 11.5 Å². The monoisotopic (exact) mass is 181 g/mol. The maximum absolute atomic E-state index is 9.44. The molecule has 1 rings (SSSR count). The van der Waals surface area contributed by atoms with Crippen molar-refractivity contribution in [3.8, 4) is 11.5 Å². The molecule has 0 bridgehead atoms. The molecule has 0 heterocycles. The Bertz CT molecular complexity index is 284. The van der Waals surface area contributed by atoms with Crippen LogP contribution in [0.4, 0.5) is 0 Å². The number of benzene rings is 1. The van der Waals surface area contributed by atoms with Crippen molar-refractivity contribution in [2.24, 2.45) is 5.73 Å². The Morgan fingerprint density at radius 3 is 2.77 bits per heavy atom. The maximum atomic E-state index is 9.44. The largest absolute Gasteiger partial charge is 0.508 e. The molecule has 0 amide bonds. The molecule has 3 N–H and O–H groups in total. The van der Waals surface area contributed by atoms with Gasteiger partial charge < -0.3 is 15.6 Å². The van der Waals surface area contributed by atoms with Crippen LogP contribution in [0, 0.1) is 0 Å². The minimum absolute atomic E-state index is 0.180. The molecule has 0 radical (unpaired) electrons. The minimum atomic E-state index is -0.180. The van der Waals surface area contributed by atoms with E-state index in [0.717, 1.165) is 5.75 Å². The van der Waals surface area contributed by atoms with E-state index in [1.165, 1.54) is 0 Å². The molecule has 1 aromatic rings. The highest BCUT2D eigenvalue weighted by Crippen LogP contribution is 2.26. The molecule has 3 heteroatoms. The quantitative estimate of drug-likeness (QED) is 0.747. The van der Waals surface area contributed by atoms with Crippen LogP contribution in [0.1, 0.15) is 25.5 Å². The van der Waals surface area contributed by atoms with Gasteiger partial charge in [0.05, 0.1) is 6.61 Å². The molecule has 0 aliphatic rings. The molecule has 0 saturated carbocycles. The number of ether oxygens (including phenoxy) is 1. The number of hydrogen-bond acceptors (Lipinski definition) is 3. The summed E-state index contributed by atoms with van der Waals surface area (Å²) < 4.78 is 5.28. The summed E-state index contributed by atoms with van der Waals surface area (Å²) in [5.74, 6) is 0.964. The molecule has 1 atom stereocenters. The SMILES string of the molecule is CCOc1ccc(O)c([C@@H](C)N)c1. The predicted molar refractivity (Wildman–Crippen MR) is 51.9 cm³/mol. The number of hydrogen-bond donors (Lipinski definition) is 2. The van der Waals surface area contributed by atoms with E-state index in [2.05, 4.69) is 0 Å².